The van der Waals surface area contributed by atoms with Crippen molar-refractivity contribution in [1.82, 2.24) is 0 Å². The lowest BCUT2D eigenvalue weighted by molar-refractivity contribution is -0.114. The highest BCUT2D eigenvalue weighted by atomic mass is 16.4. The van der Waals surface area contributed by atoms with Crippen LogP contribution < -0.4 is 0 Å². The second-order valence-electron chi connectivity index (χ2n) is 11.4. The third-order valence-corrected chi connectivity index (χ3v) is 9.48. The van der Waals surface area contributed by atoms with Crippen molar-refractivity contribution < 1.29 is 19.8 Å². The van der Waals surface area contributed by atoms with Gasteiger partial charge in [-0.1, -0.05) is 36.5 Å². The van der Waals surface area contributed by atoms with Crippen LogP contribution >= 0.6 is 0 Å². The predicted molar refractivity (Wildman–Crippen MR) is 142 cm³/mol. The van der Waals surface area contributed by atoms with E-state index in [0.717, 1.165) is 49.7 Å². The molecule has 0 aliphatic heterocycles. The van der Waals surface area contributed by atoms with Gasteiger partial charge in [0.25, 0.3) is 0 Å². The first-order chi connectivity index (χ1) is 17.8. The zero-order valence-corrected chi connectivity index (χ0v) is 21.2. The summed E-state index contributed by atoms with van der Waals surface area (Å²) in [6.07, 6.45) is 8.07. The smallest absolute Gasteiger partial charge is 0.335 e. The Labute approximate surface area is 218 Å². The molecule has 0 bridgehead atoms. The minimum atomic E-state index is -0.943. The highest BCUT2D eigenvalue weighted by molar-refractivity contribution is 5.93. The van der Waals surface area contributed by atoms with Crippen LogP contribution in [-0.2, 0) is 4.79 Å². The van der Waals surface area contributed by atoms with Crippen LogP contribution in [0.15, 0.2) is 71.3 Å². The van der Waals surface area contributed by atoms with Crippen molar-refractivity contribution in [3.05, 3.63) is 93.6 Å². The highest BCUT2D eigenvalue weighted by Crippen LogP contribution is 2.63. The summed E-state index contributed by atoms with van der Waals surface area (Å²) >= 11 is 0. The molecule has 0 amide bonds. The number of benzene rings is 2. The summed E-state index contributed by atoms with van der Waals surface area (Å²) in [6.45, 7) is 2.30. The molecule has 5 atom stereocenters. The fourth-order valence-electron chi connectivity index (χ4n) is 7.57. The van der Waals surface area contributed by atoms with Gasteiger partial charge in [-0.15, -0.1) is 0 Å². The van der Waals surface area contributed by atoms with E-state index in [9.17, 15) is 14.7 Å². The zero-order chi connectivity index (χ0) is 25.7. The number of carbonyl (C=O) groups excluding carboxylic acids is 1. The molecule has 6 rings (SSSR count). The molecule has 0 radical (unpaired) electrons. The molecule has 4 unspecified atom stereocenters. The Bertz CT molecular complexity index is 1380. The van der Waals surface area contributed by atoms with Crippen molar-refractivity contribution in [2.45, 2.75) is 63.9 Å². The van der Waals surface area contributed by atoms with Crippen LogP contribution in [0.5, 0.6) is 0 Å². The fraction of sp³-hybridized carbons (Fsp3) is 0.394. The molecule has 4 aliphatic carbocycles. The lowest BCUT2D eigenvalue weighted by atomic mass is 9.53. The molecule has 4 nitrogen and oxygen atoms in total. The number of allylic oxidation sites excluding steroid dienone is 4. The Hall–Kier alpha value is -3.42. The predicted octanol–water partition coefficient (Wildman–Crippen LogP) is 6.05. The van der Waals surface area contributed by atoms with E-state index in [4.69, 9.17) is 5.11 Å². The van der Waals surface area contributed by atoms with E-state index in [1.807, 2.05) is 6.08 Å². The maximum Gasteiger partial charge on any atom is 0.335 e. The molecule has 0 saturated heterocycles. The van der Waals surface area contributed by atoms with E-state index in [-0.39, 0.29) is 28.8 Å². The summed E-state index contributed by atoms with van der Waals surface area (Å²) in [5.74, 6) is 6.89. The van der Waals surface area contributed by atoms with Gasteiger partial charge in [0.15, 0.2) is 5.78 Å². The number of aromatic carboxylic acids is 1. The Morgan fingerprint density at radius 1 is 0.919 bits per heavy atom. The van der Waals surface area contributed by atoms with Gasteiger partial charge in [0, 0.05) is 23.5 Å². The van der Waals surface area contributed by atoms with E-state index >= 15 is 0 Å². The lowest BCUT2D eigenvalue weighted by Crippen LogP contribution is -2.45. The van der Waals surface area contributed by atoms with Crippen molar-refractivity contribution in [3.63, 3.8) is 0 Å². The Morgan fingerprint density at radius 3 is 2.27 bits per heavy atom. The quantitative estimate of drug-likeness (QED) is 0.501. The first-order valence-corrected chi connectivity index (χ1v) is 13.4. The molecular formula is C33H32O4. The molecule has 2 fully saturated rings. The van der Waals surface area contributed by atoms with Crippen molar-refractivity contribution >= 4 is 11.8 Å². The number of hydrogen-bond donors (Lipinski definition) is 2. The van der Waals surface area contributed by atoms with Gasteiger partial charge < -0.3 is 10.2 Å². The van der Waals surface area contributed by atoms with Crippen molar-refractivity contribution in [2.24, 2.45) is 17.3 Å². The standard InChI is InChI=1S/C33H32O4/c1-33-19-28(22-8-4-20(5-9-22)2-3-21-6-10-23(11-7-21)32(36)37)31-26-15-13-25(34)18-24(26)12-14-27(31)29(33)16-17-30(33)35/h4-11,18,27-30,35H,12-17,19H2,1H3,(H,36,37)/t27?,28-,29?,30?,33?/m1/s1. The number of carbonyl (C=O) groups is 2. The molecule has 188 valence electrons. The average molecular weight is 493 g/mol. The number of aliphatic hydroxyl groups is 1. The van der Waals surface area contributed by atoms with Crippen LogP contribution in [0.1, 0.15) is 84.8 Å². The van der Waals surface area contributed by atoms with Gasteiger partial charge in [0.05, 0.1) is 11.7 Å². The maximum atomic E-state index is 12.2. The van der Waals surface area contributed by atoms with Gasteiger partial charge in [-0.05, 0) is 115 Å². The molecule has 4 aliphatic rings. The molecule has 4 heteroatoms. The van der Waals surface area contributed by atoms with Crippen LogP contribution in [-0.4, -0.2) is 28.1 Å². The third-order valence-electron chi connectivity index (χ3n) is 9.48. The lowest BCUT2D eigenvalue weighted by Gasteiger charge is -2.52. The zero-order valence-electron chi connectivity index (χ0n) is 21.2. The second kappa shape index (κ2) is 9.15. The first-order valence-electron chi connectivity index (χ1n) is 13.4. The molecule has 37 heavy (non-hydrogen) atoms. The number of carboxylic acid groups (broad SMARTS) is 1. The number of hydrogen-bond acceptors (Lipinski definition) is 3. The summed E-state index contributed by atoms with van der Waals surface area (Å²) in [4.78, 5) is 23.2. The van der Waals surface area contributed by atoms with Crippen LogP contribution in [0.3, 0.4) is 0 Å². The molecule has 0 aromatic heterocycles. The number of ketones is 1. The van der Waals surface area contributed by atoms with Crippen molar-refractivity contribution in [3.8, 4) is 11.8 Å². The van der Waals surface area contributed by atoms with Crippen LogP contribution in [0, 0.1) is 29.1 Å². The second-order valence-corrected chi connectivity index (χ2v) is 11.4. The summed E-state index contributed by atoms with van der Waals surface area (Å²) < 4.78 is 0. The van der Waals surface area contributed by atoms with E-state index in [0.29, 0.717) is 18.3 Å². The van der Waals surface area contributed by atoms with E-state index in [2.05, 4.69) is 43.0 Å². The summed E-state index contributed by atoms with van der Waals surface area (Å²) in [6, 6.07) is 15.1. The molecule has 2 saturated carbocycles. The number of carboxylic acids is 1. The SMILES string of the molecule is CC12C[C@H](c3ccc(C#Cc4ccc(C(=O)O)cc4)cc3)C3=C4CCC(=O)C=C4CCC3C1CCC2O. The third kappa shape index (κ3) is 4.16. The van der Waals surface area contributed by atoms with Gasteiger partial charge in [0.1, 0.15) is 0 Å². The Kier molecular flexibility index (Phi) is 5.92. The van der Waals surface area contributed by atoms with E-state index in [1.165, 1.54) is 16.7 Å². The summed E-state index contributed by atoms with van der Waals surface area (Å²) in [5.41, 5.74) is 7.35. The largest absolute Gasteiger partial charge is 0.478 e. The van der Waals surface area contributed by atoms with E-state index < -0.39 is 5.97 Å². The monoisotopic (exact) mass is 492 g/mol. The maximum absolute atomic E-state index is 12.2. The van der Waals surface area contributed by atoms with Gasteiger partial charge >= 0.3 is 5.97 Å². The van der Waals surface area contributed by atoms with Gasteiger partial charge in [-0.25, -0.2) is 4.79 Å². The Morgan fingerprint density at radius 2 is 1.59 bits per heavy atom. The molecule has 0 spiro atoms. The van der Waals surface area contributed by atoms with Crippen molar-refractivity contribution in [1.29, 1.82) is 0 Å². The number of rotatable bonds is 2. The van der Waals surface area contributed by atoms with Crippen LogP contribution in [0.4, 0.5) is 0 Å². The van der Waals surface area contributed by atoms with Crippen LogP contribution in [0.2, 0.25) is 0 Å². The summed E-state index contributed by atoms with van der Waals surface area (Å²) in [7, 11) is 0. The highest BCUT2D eigenvalue weighted by Gasteiger charge is 2.56. The molecule has 2 aromatic rings. The molecule has 2 aromatic carbocycles. The molecule has 0 heterocycles. The normalized spacial score (nSPS) is 30.4. The Balaban J connectivity index is 1.34. The van der Waals surface area contributed by atoms with Crippen LogP contribution in [0.25, 0.3) is 0 Å². The number of fused-ring (bicyclic) bond motifs is 4. The fourth-order valence-corrected chi connectivity index (χ4v) is 7.57. The van der Waals surface area contributed by atoms with Gasteiger partial charge in [0.2, 0.25) is 0 Å². The van der Waals surface area contributed by atoms with Crippen molar-refractivity contribution in [2.75, 3.05) is 0 Å². The first kappa shape index (κ1) is 23.9. The average Bonchev–Trinajstić information content (AvgIpc) is 3.21. The molecule has 2 N–H and O–H groups in total. The number of aliphatic hydroxyl groups excluding tert-OH is 1. The van der Waals surface area contributed by atoms with Gasteiger partial charge in [-0.3, -0.25) is 4.79 Å². The minimum absolute atomic E-state index is 0.0777. The summed E-state index contributed by atoms with van der Waals surface area (Å²) in [5, 5.41) is 20.1. The topological polar surface area (TPSA) is 74.6 Å². The molecular weight excluding hydrogens is 460 g/mol. The van der Waals surface area contributed by atoms with E-state index in [1.54, 1.807) is 29.8 Å². The van der Waals surface area contributed by atoms with Gasteiger partial charge in [-0.2, -0.15) is 0 Å². The minimum Gasteiger partial charge on any atom is -0.478 e.